The van der Waals surface area contributed by atoms with Gasteiger partial charge in [-0.2, -0.15) is 0 Å². The molecule has 19 heavy (non-hydrogen) atoms. The van der Waals surface area contributed by atoms with E-state index in [4.69, 9.17) is 0 Å². The van der Waals surface area contributed by atoms with Crippen molar-refractivity contribution in [2.45, 2.75) is 0 Å². The number of halogens is 7. The first-order valence-corrected chi connectivity index (χ1v) is 10.4. The monoisotopic (exact) mass is 699 g/mol. The molecule has 100 valence electrons. The molecule has 0 bridgehead atoms. The minimum Gasteiger partial charge on any atom is -0.0520 e. The standard InChI is InChI=1S/C12H3Br7/c13-5-2-1-4(9(16)12(5)19)8-10(17)6(14)3-7(15)11(8)18/h1-3H. The quantitative estimate of drug-likeness (QED) is 0.206. The van der Waals surface area contributed by atoms with Crippen LogP contribution in [-0.4, -0.2) is 0 Å². The summed E-state index contributed by atoms with van der Waals surface area (Å²) >= 11 is 25.1. The summed E-state index contributed by atoms with van der Waals surface area (Å²) in [5.41, 5.74) is 2.15. The molecule has 2 aromatic rings. The molecule has 0 unspecified atom stereocenters. The van der Waals surface area contributed by atoms with Crippen molar-refractivity contribution >= 4 is 112 Å². The zero-order chi connectivity index (χ0) is 14.3. The molecular formula is C12H3Br7. The van der Waals surface area contributed by atoms with Crippen LogP contribution in [-0.2, 0) is 0 Å². The Morgan fingerprint density at radius 2 is 1.05 bits per heavy atom. The van der Waals surface area contributed by atoms with Crippen LogP contribution in [0.3, 0.4) is 0 Å². The highest BCUT2D eigenvalue weighted by Gasteiger charge is 2.18. The fraction of sp³-hybridized carbons (Fsp3) is 0. The third-order valence-electron chi connectivity index (χ3n) is 2.42. The number of benzene rings is 2. The van der Waals surface area contributed by atoms with Gasteiger partial charge < -0.3 is 0 Å². The van der Waals surface area contributed by atoms with Crippen molar-refractivity contribution in [2.75, 3.05) is 0 Å². The lowest BCUT2D eigenvalue weighted by Crippen LogP contribution is -1.88. The molecule has 0 N–H and O–H groups in total. The fourth-order valence-corrected chi connectivity index (χ4v) is 5.49. The molecule has 0 spiro atoms. The summed E-state index contributed by atoms with van der Waals surface area (Å²) in [7, 11) is 0. The molecule has 0 radical (unpaired) electrons. The van der Waals surface area contributed by atoms with Gasteiger partial charge in [0.05, 0.1) is 0 Å². The lowest BCUT2D eigenvalue weighted by molar-refractivity contribution is 1.45. The Kier molecular flexibility index (Phi) is 6.25. The molecular weight excluding hydrogens is 703 g/mol. The van der Waals surface area contributed by atoms with E-state index in [0.717, 1.165) is 42.4 Å². The van der Waals surface area contributed by atoms with E-state index in [9.17, 15) is 0 Å². The highest BCUT2D eigenvalue weighted by Crippen LogP contribution is 2.48. The summed E-state index contributed by atoms with van der Waals surface area (Å²) in [5.74, 6) is 0. The smallest absolute Gasteiger partial charge is 0.0465 e. The third-order valence-corrected chi connectivity index (χ3v) is 9.75. The van der Waals surface area contributed by atoms with Crippen LogP contribution in [0.5, 0.6) is 0 Å². The van der Waals surface area contributed by atoms with Crippen LogP contribution >= 0.6 is 112 Å². The van der Waals surface area contributed by atoms with Crippen LogP contribution in [0.4, 0.5) is 0 Å². The first-order chi connectivity index (χ1) is 8.84. The molecule has 0 nitrogen and oxygen atoms in total. The normalized spacial score (nSPS) is 10.9. The zero-order valence-corrected chi connectivity index (χ0v) is 20.0. The lowest BCUT2D eigenvalue weighted by Gasteiger charge is -2.14. The Hall–Kier alpha value is 1.80. The van der Waals surface area contributed by atoms with Crippen LogP contribution < -0.4 is 0 Å². The van der Waals surface area contributed by atoms with Crippen LogP contribution in [0, 0.1) is 0 Å². The third kappa shape index (κ3) is 3.42. The summed E-state index contributed by atoms with van der Waals surface area (Å²) < 4.78 is 6.96. The maximum Gasteiger partial charge on any atom is 0.0465 e. The highest BCUT2D eigenvalue weighted by molar-refractivity contribution is 9.14. The van der Waals surface area contributed by atoms with Crippen molar-refractivity contribution in [1.82, 2.24) is 0 Å². The second-order valence-corrected chi connectivity index (χ2v) is 9.30. The molecule has 0 saturated heterocycles. The van der Waals surface area contributed by atoms with Crippen molar-refractivity contribution in [1.29, 1.82) is 0 Å². The maximum absolute atomic E-state index is 3.64. The molecule has 0 fully saturated rings. The molecule has 0 saturated carbocycles. The molecule has 0 amide bonds. The van der Waals surface area contributed by atoms with Gasteiger partial charge in [-0.05, 0) is 129 Å². The minimum absolute atomic E-state index is 0.986. The molecule has 0 aliphatic carbocycles. The van der Waals surface area contributed by atoms with Gasteiger partial charge in [0.15, 0.2) is 0 Å². The van der Waals surface area contributed by atoms with Crippen molar-refractivity contribution in [3.8, 4) is 11.1 Å². The van der Waals surface area contributed by atoms with E-state index in [0.29, 0.717) is 0 Å². The summed E-state index contributed by atoms with van der Waals surface area (Å²) in [6.45, 7) is 0. The van der Waals surface area contributed by atoms with Gasteiger partial charge >= 0.3 is 0 Å². The minimum atomic E-state index is 0.986. The molecule has 0 heterocycles. The summed E-state index contributed by atoms with van der Waals surface area (Å²) in [6.07, 6.45) is 0. The lowest BCUT2D eigenvalue weighted by atomic mass is 10.1. The van der Waals surface area contributed by atoms with Crippen LogP contribution in [0.1, 0.15) is 0 Å². The van der Waals surface area contributed by atoms with E-state index < -0.39 is 0 Å². The van der Waals surface area contributed by atoms with Gasteiger partial charge in [-0.3, -0.25) is 0 Å². The van der Waals surface area contributed by atoms with Crippen molar-refractivity contribution < 1.29 is 0 Å². The van der Waals surface area contributed by atoms with E-state index in [1.807, 2.05) is 12.1 Å². The fourth-order valence-electron chi connectivity index (χ4n) is 1.53. The first kappa shape index (κ1) is 17.2. The predicted molar refractivity (Wildman–Crippen MR) is 106 cm³/mol. The molecule has 7 heteroatoms. The number of hydrogen-bond acceptors (Lipinski definition) is 0. The van der Waals surface area contributed by atoms with Crippen molar-refractivity contribution in [3.63, 3.8) is 0 Å². The Morgan fingerprint density at radius 3 is 1.58 bits per heavy atom. The van der Waals surface area contributed by atoms with Gasteiger partial charge in [0.2, 0.25) is 0 Å². The second kappa shape index (κ2) is 6.92. The van der Waals surface area contributed by atoms with Gasteiger partial charge in [0.1, 0.15) is 0 Å². The summed E-state index contributed by atoms with van der Waals surface area (Å²) in [5, 5.41) is 0. The van der Waals surface area contributed by atoms with Gasteiger partial charge in [-0.25, -0.2) is 0 Å². The molecule has 0 aliphatic rings. The molecule has 0 aliphatic heterocycles. The first-order valence-electron chi connectivity index (χ1n) is 4.81. The van der Waals surface area contributed by atoms with Crippen LogP contribution in [0.15, 0.2) is 49.5 Å². The average molecular weight is 706 g/mol. The van der Waals surface area contributed by atoms with Gasteiger partial charge in [0, 0.05) is 36.9 Å². The Morgan fingerprint density at radius 1 is 0.526 bits per heavy atom. The van der Waals surface area contributed by atoms with E-state index in [1.54, 1.807) is 0 Å². The van der Waals surface area contributed by atoms with Gasteiger partial charge in [-0.1, -0.05) is 6.07 Å². The van der Waals surface area contributed by atoms with E-state index in [2.05, 4.69) is 118 Å². The van der Waals surface area contributed by atoms with E-state index >= 15 is 0 Å². The largest absolute Gasteiger partial charge is 0.0520 e. The topological polar surface area (TPSA) is 0 Å². The zero-order valence-electron chi connectivity index (χ0n) is 8.88. The Balaban J connectivity index is 2.83. The van der Waals surface area contributed by atoms with E-state index in [1.165, 1.54) is 0 Å². The van der Waals surface area contributed by atoms with Crippen molar-refractivity contribution in [3.05, 3.63) is 49.5 Å². The average Bonchev–Trinajstić information content (AvgIpc) is 2.36. The van der Waals surface area contributed by atoms with Gasteiger partial charge in [-0.15, -0.1) is 0 Å². The molecule has 0 atom stereocenters. The molecule has 2 rings (SSSR count). The summed E-state index contributed by atoms with van der Waals surface area (Å²) in [6, 6.07) is 6.07. The Bertz CT molecular complexity index is 638. The highest BCUT2D eigenvalue weighted by atomic mass is 79.9. The molecule has 2 aromatic carbocycles. The Labute approximate surface area is 170 Å². The second-order valence-electron chi connectivity index (χ2n) is 3.57. The van der Waals surface area contributed by atoms with Crippen LogP contribution in [0.25, 0.3) is 11.1 Å². The predicted octanol–water partition coefficient (Wildman–Crippen LogP) is 8.69. The van der Waals surface area contributed by atoms with Crippen molar-refractivity contribution in [2.24, 2.45) is 0 Å². The van der Waals surface area contributed by atoms with Crippen LogP contribution in [0.2, 0.25) is 0 Å². The van der Waals surface area contributed by atoms with E-state index in [-0.39, 0.29) is 0 Å². The molecule has 0 aromatic heterocycles. The summed E-state index contributed by atoms with van der Waals surface area (Å²) in [4.78, 5) is 0. The number of hydrogen-bond donors (Lipinski definition) is 0. The SMILES string of the molecule is Brc1ccc(-c2c(Br)c(Br)cc(Br)c2Br)c(Br)c1Br. The van der Waals surface area contributed by atoms with Gasteiger partial charge in [0.25, 0.3) is 0 Å². The number of rotatable bonds is 1. The maximum atomic E-state index is 3.64.